The van der Waals surface area contributed by atoms with Crippen molar-refractivity contribution in [3.8, 4) is 0 Å². The number of nitrogens with two attached hydrogens (primary N) is 1. The van der Waals surface area contributed by atoms with E-state index < -0.39 is 0 Å². The number of H-pyrrole nitrogens is 1. The molecule has 3 N–H and O–H groups in total. The zero-order valence-corrected chi connectivity index (χ0v) is 10.3. The largest absolute Gasteiger partial charge is 0.382 e. The Morgan fingerprint density at radius 1 is 1.50 bits per heavy atom. The van der Waals surface area contributed by atoms with Gasteiger partial charge in [0.15, 0.2) is 0 Å². The number of hydrogen-bond donors (Lipinski definition) is 2. The van der Waals surface area contributed by atoms with Crippen LogP contribution in [0.15, 0.2) is 0 Å². The Hall–Kier alpha value is -1.03. The van der Waals surface area contributed by atoms with Crippen molar-refractivity contribution in [2.45, 2.75) is 51.0 Å². The fourth-order valence-electron chi connectivity index (χ4n) is 2.53. The number of rotatable bonds is 4. The molecule has 4 nitrogen and oxygen atoms in total. The number of nitrogens with one attached hydrogen (secondary N) is 1. The molecule has 1 aromatic heterocycles. The summed E-state index contributed by atoms with van der Waals surface area (Å²) in [6.45, 7) is 4.29. The van der Waals surface area contributed by atoms with Crippen LogP contribution in [0.2, 0.25) is 0 Å². The second-order valence-electron chi connectivity index (χ2n) is 5.07. The maximum atomic E-state index is 5.88. The minimum absolute atomic E-state index is 0.0304. The summed E-state index contributed by atoms with van der Waals surface area (Å²) >= 11 is 0. The summed E-state index contributed by atoms with van der Waals surface area (Å²) in [4.78, 5) is 0. The van der Waals surface area contributed by atoms with E-state index in [1.165, 1.54) is 6.42 Å². The van der Waals surface area contributed by atoms with Gasteiger partial charge >= 0.3 is 0 Å². The Bertz CT molecular complexity index is 361. The second-order valence-corrected chi connectivity index (χ2v) is 5.07. The molecule has 0 aromatic carbocycles. The summed E-state index contributed by atoms with van der Waals surface area (Å²) < 4.78 is 5.63. The highest BCUT2D eigenvalue weighted by Gasteiger charge is 2.38. The number of nitrogen functional groups attached to an aromatic ring is 1. The number of hydrogen-bond acceptors (Lipinski definition) is 3. The van der Waals surface area contributed by atoms with Gasteiger partial charge in [0.25, 0.3) is 0 Å². The van der Waals surface area contributed by atoms with Crippen molar-refractivity contribution in [2.75, 3.05) is 12.8 Å². The molecule has 1 heterocycles. The monoisotopic (exact) mass is 223 g/mol. The first-order chi connectivity index (χ1) is 7.58. The van der Waals surface area contributed by atoms with Gasteiger partial charge in [0, 0.05) is 24.8 Å². The molecule has 1 saturated carbocycles. The second kappa shape index (κ2) is 4.09. The van der Waals surface area contributed by atoms with Gasteiger partial charge < -0.3 is 10.5 Å². The smallest absolute Gasteiger partial charge is 0.148 e. The van der Waals surface area contributed by atoms with Crippen LogP contribution >= 0.6 is 0 Å². The van der Waals surface area contributed by atoms with Crippen molar-refractivity contribution in [1.82, 2.24) is 10.2 Å². The van der Waals surface area contributed by atoms with Gasteiger partial charge in [0.1, 0.15) is 5.82 Å². The van der Waals surface area contributed by atoms with Crippen LogP contribution in [0.5, 0.6) is 0 Å². The van der Waals surface area contributed by atoms with Crippen LogP contribution in [0.25, 0.3) is 0 Å². The molecule has 1 fully saturated rings. The molecule has 0 aliphatic heterocycles. The lowest BCUT2D eigenvalue weighted by molar-refractivity contribution is -0.0715. The Kier molecular flexibility index (Phi) is 2.93. The molecule has 0 saturated heterocycles. The van der Waals surface area contributed by atoms with Crippen molar-refractivity contribution in [3.05, 3.63) is 11.3 Å². The molecule has 2 rings (SSSR count). The average Bonchev–Trinajstić information content (AvgIpc) is 2.53. The van der Waals surface area contributed by atoms with Gasteiger partial charge in [-0.2, -0.15) is 5.10 Å². The average molecular weight is 223 g/mol. The van der Waals surface area contributed by atoms with Crippen LogP contribution in [-0.4, -0.2) is 22.9 Å². The lowest BCUT2D eigenvalue weighted by Crippen LogP contribution is -2.41. The van der Waals surface area contributed by atoms with Gasteiger partial charge in [-0.25, -0.2) is 0 Å². The molecule has 1 aliphatic carbocycles. The number of aromatic nitrogens is 2. The summed E-state index contributed by atoms with van der Waals surface area (Å²) in [5, 5.41) is 7.17. The Morgan fingerprint density at radius 3 is 2.62 bits per heavy atom. The van der Waals surface area contributed by atoms with Crippen LogP contribution in [0.1, 0.15) is 50.3 Å². The molecule has 0 spiro atoms. The van der Waals surface area contributed by atoms with Crippen LogP contribution in [0.3, 0.4) is 0 Å². The predicted octanol–water partition coefficient (Wildman–Crippen LogP) is 2.23. The minimum Gasteiger partial charge on any atom is -0.382 e. The molecule has 0 unspecified atom stereocenters. The van der Waals surface area contributed by atoms with Crippen molar-refractivity contribution in [1.29, 1.82) is 0 Å². The number of aromatic amines is 1. The number of nitrogens with zero attached hydrogens (tertiary/aromatic N) is 1. The number of methoxy groups -OCH3 is 1. The summed E-state index contributed by atoms with van der Waals surface area (Å²) in [7, 11) is 1.80. The number of anilines is 1. The Morgan fingerprint density at radius 2 is 2.19 bits per heavy atom. The normalized spacial score (nSPS) is 18.8. The van der Waals surface area contributed by atoms with Crippen LogP contribution in [0, 0.1) is 0 Å². The van der Waals surface area contributed by atoms with Crippen molar-refractivity contribution < 1.29 is 4.74 Å². The Labute approximate surface area is 96.6 Å². The van der Waals surface area contributed by atoms with Crippen LogP contribution in [-0.2, 0) is 11.2 Å². The van der Waals surface area contributed by atoms with E-state index in [-0.39, 0.29) is 5.60 Å². The molecule has 0 atom stereocenters. The van der Waals surface area contributed by atoms with Gasteiger partial charge in [-0.3, -0.25) is 5.10 Å². The number of ether oxygens (including phenoxy) is 1. The van der Waals surface area contributed by atoms with E-state index in [1.54, 1.807) is 7.11 Å². The minimum atomic E-state index is 0.0304. The lowest BCUT2D eigenvalue weighted by Gasteiger charge is -2.40. The van der Waals surface area contributed by atoms with Crippen molar-refractivity contribution >= 4 is 5.82 Å². The molecule has 1 aliphatic rings. The van der Waals surface area contributed by atoms with E-state index in [0.717, 1.165) is 30.5 Å². The standard InChI is InChI=1S/C12H21N3O/c1-8(2)10-9(14-15-11(10)13)7-12(16-3)5-4-6-12/h8H,4-7H2,1-3H3,(H3,13,14,15). The van der Waals surface area contributed by atoms with E-state index >= 15 is 0 Å². The van der Waals surface area contributed by atoms with E-state index in [2.05, 4.69) is 24.0 Å². The van der Waals surface area contributed by atoms with Crippen LogP contribution in [0.4, 0.5) is 5.82 Å². The first-order valence-electron chi connectivity index (χ1n) is 5.96. The molecule has 4 heteroatoms. The SMILES string of the molecule is COC1(Cc2[nH]nc(N)c2C(C)C)CCC1. The molecule has 90 valence electrons. The highest BCUT2D eigenvalue weighted by Crippen LogP contribution is 2.39. The fraction of sp³-hybridized carbons (Fsp3) is 0.750. The van der Waals surface area contributed by atoms with Crippen molar-refractivity contribution in [2.24, 2.45) is 0 Å². The first-order valence-corrected chi connectivity index (χ1v) is 5.96. The maximum Gasteiger partial charge on any atom is 0.148 e. The molecular weight excluding hydrogens is 202 g/mol. The van der Waals surface area contributed by atoms with Gasteiger partial charge in [0.2, 0.25) is 0 Å². The summed E-state index contributed by atoms with van der Waals surface area (Å²) in [6.07, 6.45) is 4.44. The first kappa shape index (κ1) is 11.5. The quantitative estimate of drug-likeness (QED) is 0.822. The van der Waals surface area contributed by atoms with E-state index in [1.807, 2.05) is 0 Å². The highest BCUT2D eigenvalue weighted by atomic mass is 16.5. The lowest BCUT2D eigenvalue weighted by atomic mass is 9.76. The topological polar surface area (TPSA) is 63.9 Å². The molecule has 1 aromatic rings. The Balaban J connectivity index is 2.21. The maximum absolute atomic E-state index is 5.88. The van der Waals surface area contributed by atoms with E-state index in [0.29, 0.717) is 11.7 Å². The molecular formula is C12H21N3O. The third-order valence-corrected chi connectivity index (χ3v) is 3.69. The molecule has 0 radical (unpaired) electrons. The summed E-state index contributed by atoms with van der Waals surface area (Å²) in [5.41, 5.74) is 8.21. The zero-order chi connectivity index (χ0) is 11.8. The summed E-state index contributed by atoms with van der Waals surface area (Å²) in [5.74, 6) is 1.04. The van der Waals surface area contributed by atoms with Crippen LogP contribution < -0.4 is 5.73 Å². The van der Waals surface area contributed by atoms with E-state index in [9.17, 15) is 0 Å². The van der Waals surface area contributed by atoms with Gasteiger partial charge in [-0.05, 0) is 25.2 Å². The summed E-state index contributed by atoms with van der Waals surface area (Å²) in [6, 6.07) is 0. The molecule has 0 bridgehead atoms. The van der Waals surface area contributed by atoms with E-state index in [4.69, 9.17) is 10.5 Å². The predicted molar refractivity (Wildman–Crippen MR) is 64.4 cm³/mol. The third-order valence-electron chi connectivity index (χ3n) is 3.69. The molecule has 0 amide bonds. The zero-order valence-electron chi connectivity index (χ0n) is 10.3. The highest BCUT2D eigenvalue weighted by molar-refractivity contribution is 5.44. The van der Waals surface area contributed by atoms with Gasteiger partial charge in [0.05, 0.1) is 5.60 Å². The van der Waals surface area contributed by atoms with Crippen molar-refractivity contribution in [3.63, 3.8) is 0 Å². The van der Waals surface area contributed by atoms with Gasteiger partial charge in [-0.1, -0.05) is 13.8 Å². The van der Waals surface area contributed by atoms with Gasteiger partial charge in [-0.15, -0.1) is 0 Å². The molecule has 16 heavy (non-hydrogen) atoms. The third kappa shape index (κ3) is 1.82. The fourth-order valence-corrected chi connectivity index (χ4v) is 2.53.